The maximum Gasteiger partial charge on any atom is 0.242 e. The summed E-state index contributed by atoms with van der Waals surface area (Å²) in [4.78, 5) is 27.2. The van der Waals surface area contributed by atoms with Crippen LogP contribution in [-0.4, -0.2) is 34.6 Å². The molecule has 156 valence electrons. The van der Waals surface area contributed by atoms with E-state index in [-0.39, 0.29) is 23.6 Å². The standard InChI is InChI=1S/C22H26BrClN2O2S/c1-15(2)25-22(28)16(3)26(12-17-8-10-19(23)11-9-17)21(27)14-29-13-18-6-4-5-7-20(18)24/h4-11,15-16H,12-14H2,1-3H3,(H,25,28)/t16-/m0/s1. The fraction of sp³-hybridized carbons (Fsp3) is 0.364. The molecule has 0 heterocycles. The number of carbonyl (C=O) groups excluding carboxylic acids is 2. The van der Waals surface area contributed by atoms with Crippen molar-refractivity contribution in [3.8, 4) is 0 Å². The van der Waals surface area contributed by atoms with Gasteiger partial charge >= 0.3 is 0 Å². The zero-order chi connectivity index (χ0) is 21.4. The number of rotatable bonds is 9. The Bertz CT molecular complexity index is 830. The average Bonchev–Trinajstić information content (AvgIpc) is 2.68. The second kappa shape index (κ2) is 11.6. The zero-order valence-electron chi connectivity index (χ0n) is 16.8. The van der Waals surface area contributed by atoms with Gasteiger partial charge in [0.15, 0.2) is 0 Å². The van der Waals surface area contributed by atoms with Gasteiger partial charge in [-0.05, 0) is 50.1 Å². The molecule has 2 amide bonds. The Labute approximate surface area is 190 Å². The van der Waals surface area contributed by atoms with Gasteiger partial charge in [0.2, 0.25) is 11.8 Å². The number of hydrogen-bond donors (Lipinski definition) is 1. The molecule has 0 saturated heterocycles. The molecule has 0 bridgehead atoms. The predicted molar refractivity (Wildman–Crippen MR) is 125 cm³/mol. The SMILES string of the molecule is CC(C)NC(=O)[C@H](C)N(Cc1ccc(Br)cc1)C(=O)CSCc1ccccc1Cl. The summed E-state index contributed by atoms with van der Waals surface area (Å²) in [6.07, 6.45) is 0. The minimum absolute atomic E-state index is 0.0178. The van der Waals surface area contributed by atoms with Crippen LogP contribution in [0, 0.1) is 0 Å². The molecule has 2 aromatic carbocycles. The quantitative estimate of drug-likeness (QED) is 0.513. The fourth-order valence-corrected chi connectivity index (χ4v) is 4.18. The van der Waals surface area contributed by atoms with Crippen molar-refractivity contribution in [1.82, 2.24) is 10.2 Å². The summed E-state index contributed by atoms with van der Waals surface area (Å²) in [5.74, 6) is 0.698. The Hall–Kier alpha value is -1.50. The molecule has 2 rings (SSSR count). The van der Waals surface area contributed by atoms with Crippen LogP contribution in [0.1, 0.15) is 31.9 Å². The zero-order valence-corrected chi connectivity index (χ0v) is 20.0. The van der Waals surface area contributed by atoms with Crippen LogP contribution < -0.4 is 5.32 Å². The van der Waals surface area contributed by atoms with Gasteiger partial charge in [0.1, 0.15) is 6.04 Å². The van der Waals surface area contributed by atoms with E-state index in [2.05, 4.69) is 21.2 Å². The van der Waals surface area contributed by atoms with Gasteiger partial charge in [-0.15, -0.1) is 11.8 Å². The maximum atomic E-state index is 13.0. The van der Waals surface area contributed by atoms with Crippen LogP contribution in [-0.2, 0) is 21.9 Å². The van der Waals surface area contributed by atoms with Crippen LogP contribution in [0.15, 0.2) is 53.0 Å². The Morgan fingerprint density at radius 2 is 1.76 bits per heavy atom. The molecule has 0 saturated carbocycles. The number of halogens is 2. The molecule has 0 aliphatic carbocycles. The van der Waals surface area contributed by atoms with E-state index in [0.29, 0.717) is 17.3 Å². The van der Waals surface area contributed by atoms with Gasteiger partial charge in [-0.3, -0.25) is 9.59 Å². The highest BCUT2D eigenvalue weighted by molar-refractivity contribution is 9.10. The Morgan fingerprint density at radius 1 is 1.10 bits per heavy atom. The fourth-order valence-electron chi connectivity index (χ4n) is 2.72. The number of carbonyl (C=O) groups is 2. The van der Waals surface area contributed by atoms with Crippen molar-refractivity contribution >= 4 is 51.1 Å². The first kappa shape index (κ1) is 23.8. The van der Waals surface area contributed by atoms with Gasteiger partial charge < -0.3 is 10.2 Å². The van der Waals surface area contributed by atoms with Gasteiger partial charge in [0.05, 0.1) is 5.75 Å². The van der Waals surface area contributed by atoms with Crippen molar-refractivity contribution < 1.29 is 9.59 Å². The predicted octanol–water partition coefficient (Wildman–Crippen LogP) is 5.28. The minimum Gasteiger partial charge on any atom is -0.352 e. The number of benzene rings is 2. The van der Waals surface area contributed by atoms with Crippen molar-refractivity contribution in [2.45, 2.75) is 45.2 Å². The third kappa shape index (κ3) is 7.68. The van der Waals surface area contributed by atoms with Crippen molar-refractivity contribution in [1.29, 1.82) is 0 Å². The number of amides is 2. The van der Waals surface area contributed by atoms with Gasteiger partial charge in [0, 0.05) is 27.8 Å². The lowest BCUT2D eigenvalue weighted by atomic mass is 10.1. The molecular formula is C22H26BrClN2O2S. The monoisotopic (exact) mass is 496 g/mol. The molecule has 0 aromatic heterocycles. The molecular weight excluding hydrogens is 472 g/mol. The van der Waals surface area contributed by atoms with E-state index in [0.717, 1.165) is 15.6 Å². The lowest BCUT2D eigenvalue weighted by Gasteiger charge is -2.29. The summed E-state index contributed by atoms with van der Waals surface area (Å²) in [7, 11) is 0. The van der Waals surface area contributed by atoms with E-state index < -0.39 is 6.04 Å². The molecule has 1 N–H and O–H groups in total. The molecule has 0 aliphatic rings. The summed E-state index contributed by atoms with van der Waals surface area (Å²) >= 11 is 11.1. The smallest absolute Gasteiger partial charge is 0.242 e. The van der Waals surface area contributed by atoms with E-state index in [9.17, 15) is 9.59 Å². The second-order valence-electron chi connectivity index (χ2n) is 7.07. The lowest BCUT2D eigenvalue weighted by Crippen LogP contribution is -2.49. The first-order valence-electron chi connectivity index (χ1n) is 9.43. The molecule has 29 heavy (non-hydrogen) atoms. The number of nitrogens with zero attached hydrogens (tertiary/aromatic N) is 1. The largest absolute Gasteiger partial charge is 0.352 e. The summed E-state index contributed by atoms with van der Waals surface area (Å²) in [6, 6.07) is 14.8. The normalized spacial score (nSPS) is 11.9. The van der Waals surface area contributed by atoms with Crippen LogP contribution in [0.4, 0.5) is 0 Å². The van der Waals surface area contributed by atoms with Gasteiger partial charge in [-0.2, -0.15) is 0 Å². The highest BCUT2D eigenvalue weighted by Crippen LogP contribution is 2.22. The van der Waals surface area contributed by atoms with Gasteiger partial charge in [-0.1, -0.05) is 57.9 Å². The van der Waals surface area contributed by atoms with E-state index in [4.69, 9.17) is 11.6 Å². The van der Waals surface area contributed by atoms with Crippen LogP contribution in [0.25, 0.3) is 0 Å². The summed E-state index contributed by atoms with van der Waals surface area (Å²) in [5, 5.41) is 3.60. The molecule has 0 radical (unpaired) electrons. The first-order chi connectivity index (χ1) is 13.8. The third-order valence-electron chi connectivity index (χ3n) is 4.31. The minimum atomic E-state index is -0.561. The van der Waals surface area contributed by atoms with Crippen molar-refractivity contribution in [3.05, 3.63) is 69.2 Å². The average molecular weight is 498 g/mol. The topological polar surface area (TPSA) is 49.4 Å². The number of hydrogen-bond acceptors (Lipinski definition) is 3. The molecule has 2 aromatic rings. The Morgan fingerprint density at radius 3 is 2.38 bits per heavy atom. The van der Waals surface area contributed by atoms with Crippen molar-refractivity contribution in [2.24, 2.45) is 0 Å². The van der Waals surface area contributed by atoms with E-state index in [1.807, 2.05) is 62.4 Å². The van der Waals surface area contributed by atoms with E-state index in [1.165, 1.54) is 11.8 Å². The molecule has 4 nitrogen and oxygen atoms in total. The highest BCUT2D eigenvalue weighted by Gasteiger charge is 2.26. The van der Waals surface area contributed by atoms with Crippen molar-refractivity contribution in [2.75, 3.05) is 5.75 Å². The maximum absolute atomic E-state index is 13.0. The van der Waals surface area contributed by atoms with Gasteiger partial charge in [0.25, 0.3) is 0 Å². The van der Waals surface area contributed by atoms with Crippen LogP contribution in [0.2, 0.25) is 5.02 Å². The van der Waals surface area contributed by atoms with Crippen LogP contribution >= 0.6 is 39.3 Å². The van der Waals surface area contributed by atoms with Crippen molar-refractivity contribution in [3.63, 3.8) is 0 Å². The second-order valence-corrected chi connectivity index (χ2v) is 9.38. The molecule has 7 heteroatoms. The molecule has 0 unspecified atom stereocenters. The Kier molecular flexibility index (Phi) is 9.53. The van der Waals surface area contributed by atoms with Crippen LogP contribution in [0.3, 0.4) is 0 Å². The summed E-state index contributed by atoms with van der Waals surface area (Å²) in [5.41, 5.74) is 1.97. The third-order valence-corrected chi connectivity index (χ3v) is 6.17. The van der Waals surface area contributed by atoms with Gasteiger partial charge in [-0.25, -0.2) is 0 Å². The van der Waals surface area contributed by atoms with E-state index >= 15 is 0 Å². The molecule has 0 fully saturated rings. The number of nitrogens with one attached hydrogen (secondary N) is 1. The lowest BCUT2D eigenvalue weighted by molar-refractivity contribution is -0.138. The molecule has 0 aliphatic heterocycles. The summed E-state index contributed by atoms with van der Waals surface area (Å²) < 4.78 is 0.972. The van der Waals surface area contributed by atoms with Crippen LogP contribution in [0.5, 0.6) is 0 Å². The highest BCUT2D eigenvalue weighted by atomic mass is 79.9. The Balaban J connectivity index is 2.07. The summed E-state index contributed by atoms with van der Waals surface area (Å²) in [6.45, 7) is 5.97. The number of thioether (sulfide) groups is 1. The molecule has 0 spiro atoms. The van der Waals surface area contributed by atoms with E-state index in [1.54, 1.807) is 11.8 Å². The first-order valence-corrected chi connectivity index (χ1v) is 11.8. The molecule has 1 atom stereocenters.